The maximum atomic E-state index is 12.5. The van der Waals surface area contributed by atoms with E-state index in [4.69, 9.17) is 10.4 Å². The molecule has 1 N–H and O–H groups in total. The van der Waals surface area contributed by atoms with Crippen molar-refractivity contribution < 1.29 is 18.7 Å². The van der Waals surface area contributed by atoms with Gasteiger partial charge in [-0.25, -0.2) is 18.6 Å². The highest BCUT2D eigenvalue weighted by Crippen LogP contribution is 2.28. The smallest absolute Gasteiger partial charge is 0.337 e. The molecule has 0 saturated carbocycles. The number of carboxylic acids is 1. The van der Waals surface area contributed by atoms with Crippen molar-refractivity contribution in [3.8, 4) is 6.07 Å². The van der Waals surface area contributed by atoms with E-state index >= 15 is 0 Å². The summed E-state index contributed by atoms with van der Waals surface area (Å²) < 4.78 is 25.0. The molecule has 0 bridgehead atoms. The van der Waals surface area contributed by atoms with Crippen LogP contribution in [0.3, 0.4) is 0 Å². The topological polar surface area (TPSA) is 74.0 Å². The Labute approximate surface area is 96.7 Å². The Morgan fingerprint density at radius 2 is 2.27 bits per heavy atom. The summed E-state index contributed by atoms with van der Waals surface area (Å²) in [4.78, 5) is 14.3. The van der Waals surface area contributed by atoms with Crippen LogP contribution in [0.15, 0.2) is 6.20 Å². The fourth-order valence-corrected chi connectivity index (χ4v) is 1.66. The summed E-state index contributed by atoms with van der Waals surface area (Å²) in [7, 11) is 0. The first kappa shape index (κ1) is 11.8. The van der Waals surface area contributed by atoms with Crippen LogP contribution < -0.4 is 0 Å². The summed E-state index contributed by atoms with van der Waals surface area (Å²) in [5, 5.41) is 17.3. The highest BCUT2D eigenvalue weighted by Gasteiger charge is 2.25. The fraction of sp³-hybridized carbons (Fsp3) is 0.125. The van der Waals surface area contributed by atoms with E-state index in [1.165, 1.54) is 28.7 Å². The summed E-state index contributed by atoms with van der Waals surface area (Å²) in [5.74, 6) is -1.55. The molecule has 0 fully saturated rings. The minimum absolute atomic E-state index is 0.112. The van der Waals surface area contributed by atoms with E-state index in [0.717, 1.165) is 6.20 Å². The zero-order valence-electron chi connectivity index (χ0n) is 7.04. The molecule has 7 heteroatoms. The summed E-state index contributed by atoms with van der Waals surface area (Å²) in [6.45, 7) is 0. The normalized spacial score (nSPS) is 10.1. The highest BCUT2D eigenvalue weighted by atomic mass is 127. The van der Waals surface area contributed by atoms with Crippen molar-refractivity contribution in [1.82, 2.24) is 4.98 Å². The third-order valence-corrected chi connectivity index (χ3v) is 2.48. The molecule has 1 rings (SSSR count). The van der Waals surface area contributed by atoms with Crippen molar-refractivity contribution in [2.24, 2.45) is 0 Å². The van der Waals surface area contributed by atoms with Gasteiger partial charge in [0.05, 0.1) is 16.7 Å². The van der Waals surface area contributed by atoms with E-state index in [1.807, 2.05) is 0 Å². The van der Waals surface area contributed by atoms with Gasteiger partial charge in [-0.3, -0.25) is 0 Å². The van der Waals surface area contributed by atoms with Gasteiger partial charge in [0, 0.05) is 6.20 Å². The van der Waals surface area contributed by atoms with Crippen LogP contribution in [0.5, 0.6) is 0 Å². The molecule has 1 aromatic heterocycles. The van der Waals surface area contributed by atoms with Gasteiger partial charge in [0.15, 0.2) is 0 Å². The van der Waals surface area contributed by atoms with E-state index in [1.54, 1.807) is 0 Å². The molecule has 0 aromatic carbocycles. The zero-order valence-corrected chi connectivity index (χ0v) is 9.20. The predicted octanol–water partition coefficient (Wildman–Crippen LogP) is 2.19. The Kier molecular flexibility index (Phi) is 3.52. The van der Waals surface area contributed by atoms with Crippen LogP contribution in [0.25, 0.3) is 0 Å². The van der Waals surface area contributed by atoms with Crippen molar-refractivity contribution in [2.75, 3.05) is 0 Å². The summed E-state index contributed by atoms with van der Waals surface area (Å²) in [5.41, 5.74) is -1.74. The standard InChI is InChI=1S/C8H3F2IN2O2/c9-6(10)5-4(8(14)15)3(1-12)2-13-7(5)11/h2,6H,(H,14,15). The number of halogens is 3. The van der Waals surface area contributed by atoms with Crippen molar-refractivity contribution in [2.45, 2.75) is 6.43 Å². The number of rotatable bonds is 2. The first-order valence-corrected chi connectivity index (χ1v) is 4.66. The van der Waals surface area contributed by atoms with E-state index in [2.05, 4.69) is 4.98 Å². The predicted molar refractivity (Wildman–Crippen MR) is 53.6 cm³/mol. The molecule has 15 heavy (non-hydrogen) atoms. The van der Waals surface area contributed by atoms with E-state index in [9.17, 15) is 13.6 Å². The van der Waals surface area contributed by atoms with E-state index < -0.39 is 23.5 Å². The van der Waals surface area contributed by atoms with E-state index in [0.29, 0.717) is 0 Å². The van der Waals surface area contributed by atoms with Gasteiger partial charge < -0.3 is 5.11 Å². The second-order valence-electron chi connectivity index (χ2n) is 2.47. The van der Waals surface area contributed by atoms with Gasteiger partial charge in [-0.05, 0) is 22.6 Å². The second kappa shape index (κ2) is 4.48. The van der Waals surface area contributed by atoms with Gasteiger partial charge in [-0.2, -0.15) is 5.26 Å². The van der Waals surface area contributed by atoms with Gasteiger partial charge in [0.2, 0.25) is 0 Å². The van der Waals surface area contributed by atoms with Gasteiger partial charge in [-0.15, -0.1) is 0 Å². The Morgan fingerprint density at radius 1 is 1.67 bits per heavy atom. The van der Waals surface area contributed by atoms with Crippen LogP contribution in [0.2, 0.25) is 0 Å². The number of carbonyl (C=O) groups is 1. The molecule has 0 radical (unpaired) electrons. The minimum Gasteiger partial charge on any atom is -0.478 e. The number of nitriles is 1. The number of aromatic carboxylic acids is 1. The number of alkyl halides is 2. The summed E-state index contributed by atoms with van der Waals surface area (Å²) in [6, 6.07) is 1.52. The molecule has 0 aliphatic rings. The number of pyridine rings is 1. The minimum atomic E-state index is -2.97. The molecule has 0 aliphatic heterocycles. The number of nitrogens with zero attached hydrogens (tertiary/aromatic N) is 2. The van der Waals surface area contributed by atoms with Crippen molar-refractivity contribution in [1.29, 1.82) is 5.26 Å². The Morgan fingerprint density at radius 3 is 2.67 bits per heavy atom. The van der Waals surface area contributed by atoms with Crippen molar-refractivity contribution in [3.05, 3.63) is 26.6 Å². The lowest BCUT2D eigenvalue weighted by atomic mass is 10.1. The van der Waals surface area contributed by atoms with Gasteiger partial charge >= 0.3 is 5.97 Å². The molecule has 0 spiro atoms. The summed E-state index contributed by atoms with van der Waals surface area (Å²) >= 11 is 1.50. The highest BCUT2D eigenvalue weighted by molar-refractivity contribution is 14.1. The monoisotopic (exact) mass is 324 g/mol. The molecule has 4 nitrogen and oxygen atoms in total. The lowest BCUT2D eigenvalue weighted by molar-refractivity contribution is 0.0683. The average Bonchev–Trinajstić information content (AvgIpc) is 2.16. The SMILES string of the molecule is N#Cc1cnc(I)c(C(F)F)c1C(=O)O. The molecule has 0 amide bonds. The van der Waals surface area contributed by atoms with Crippen LogP contribution in [0.1, 0.15) is 27.9 Å². The van der Waals surface area contributed by atoms with Crippen LogP contribution in [-0.4, -0.2) is 16.1 Å². The fourth-order valence-electron chi connectivity index (χ4n) is 1.02. The van der Waals surface area contributed by atoms with Crippen molar-refractivity contribution >= 4 is 28.6 Å². The average molecular weight is 324 g/mol. The van der Waals surface area contributed by atoms with E-state index in [-0.39, 0.29) is 9.26 Å². The molecule has 0 atom stereocenters. The number of hydrogen-bond acceptors (Lipinski definition) is 3. The maximum absolute atomic E-state index is 12.5. The molecule has 78 valence electrons. The quantitative estimate of drug-likeness (QED) is 0.668. The maximum Gasteiger partial charge on any atom is 0.337 e. The van der Waals surface area contributed by atoms with Gasteiger partial charge in [0.25, 0.3) is 6.43 Å². The molecule has 0 unspecified atom stereocenters. The van der Waals surface area contributed by atoms with Crippen molar-refractivity contribution in [3.63, 3.8) is 0 Å². The molecule has 0 saturated heterocycles. The zero-order chi connectivity index (χ0) is 11.6. The number of hydrogen-bond donors (Lipinski definition) is 1. The molecular weight excluding hydrogens is 321 g/mol. The van der Waals surface area contributed by atoms with Gasteiger partial charge in [0.1, 0.15) is 9.77 Å². The second-order valence-corrected chi connectivity index (χ2v) is 3.49. The Balaban J connectivity index is 3.60. The number of aromatic nitrogens is 1. The third kappa shape index (κ3) is 2.20. The Hall–Kier alpha value is -1.30. The first-order valence-electron chi connectivity index (χ1n) is 3.59. The Bertz CT molecular complexity index is 457. The van der Waals surface area contributed by atoms with Crippen LogP contribution in [0.4, 0.5) is 8.78 Å². The number of carboxylic acid groups (broad SMARTS) is 1. The molecule has 0 aliphatic carbocycles. The van der Waals surface area contributed by atoms with Crippen LogP contribution in [0, 0.1) is 15.0 Å². The van der Waals surface area contributed by atoms with Gasteiger partial charge in [-0.1, -0.05) is 0 Å². The third-order valence-electron chi connectivity index (χ3n) is 1.62. The summed E-state index contributed by atoms with van der Waals surface area (Å²) in [6.07, 6.45) is -2.00. The molecular formula is C8H3F2IN2O2. The molecule has 1 heterocycles. The molecule has 1 aromatic rings. The first-order chi connectivity index (χ1) is 6.99. The lowest BCUT2D eigenvalue weighted by Crippen LogP contribution is -2.09. The lowest BCUT2D eigenvalue weighted by Gasteiger charge is -2.07. The largest absolute Gasteiger partial charge is 0.478 e. The van der Waals surface area contributed by atoms with Crippen LogP contribution >= 0.6 is 22.6 Å². The van der Waals surface area contributed by atoms with Crippen LogP contribution in [-0.2, 0) is 0 Å².